The molecule has 0 amide bonds. The van der Waals surface area contributed by atoms with Crippen molar-refractivity contribution in [3.63, 3.8) is 0 Å². The Hall–Kier alpha value is -3.12. The lowest BCUT2D eigenvalue weighted by Crippen LogP contribution is -2.17. The van der Waals surface area contributed by atoms with E-state index in [0.29, 0.717) is 12.2 Å². The average Bonchev–Trinajstić information content (AvgIpc) is 2.76. The maximum Gasteiger partial charge on any atom is 0.341 e. The van der Waals surface area contributed by atoms with E-state index in [9.17, 15) is 4.79 Å². The highest BCUT2D eigenvalue weighted by Crippen LogP contribution is 2.31. The van der Waals surface area contributed by atoms with E-state index in [1.54, 1.807) is 20.2 Å². The molecule has 0 bridgehead atoms. The Balaban J connectivity index is 2.02. The van der Waals surface area contributed by atoms with Crippen LogP contribution in [0.25, 0.3) is 22.0 Å². The summed E-state index contributed by atoms with van der Waals surface area (Å²) in [4.78, 5) is 19.2. The lowest BCUT2D eigenvalue weighted by molar-refractivity contribution is 0.0527. The van der Waals surface area contributed by atoms with E-state index in [1.807, 2.05) is 50.5 Å². The van der Waals surface area contributed by atoms with Gasteiger partial charge in [0.25, 0.3) is 0 Å². The zero-order chi connectivity index (χ0) is 21.5. The molecular weight excluding hydrogens is 378 g/mol. The van der Waals surface area contributed by atoms with Gasteiger partial charge in [-0.1, -0.05) is 18.2 Å². The Kier molecular flexibility index (Phi) is 7.25. The second-order valence-electron chi connectivity index (χ2n) is 7.31. The second-order valence-corrected chi connectivity index (χ2v) is 7.31. The molecule has 0 unspecified atom stereocenters. The van der Waals surface area contributed by atoms with E-state index in [2.05, 4.69) is 21.3 Å². The number of hydrogen-bond donors (Lipinski definition) is 1. The summed E-state index contributed by atoms with van der Waals surface area (Å²) in [6, 6.07) is 14.0. The van der Waals surface area contributed by atoms with Gasteiger partial charge in [0.1, 0.15) is 11.3 Å². The smallest absolute Gasteiger partial charge is 0.341 e. The number of esters is 1. The number of methoxy groups -OCH3 is 1. The first-order valence-electron chi connectivity index (χ1n) is 10.2. The van der Waals surface area contributed by atoms with Gasteiger partial charge in [-0.2, -0.15) is 0 Å². The molecule has 3 rings (SSSR count). The van der Waals surface area contributed by atoms with Crippen LogP contribution in [-0.2, 0) is 4.74 Å². The van der Waals surface area contributed by atoms with Crippen LogP contribution < -0.4 is 10.1 Å². The normalized spacial score (nSPS) is 11.0. The first-order chi connectivity index (χ1) is 14.5. The molecule has 0 atom stereocenters. The molecule has 0 saturated carbocycles. The van der Waals surface area contributed by atoms with E-state index in [4.69, 9.17) is 9.47 Å². The number of nitrogens with one attached hydrogen (secondary N) is 1. The molecule has 2 aromatic carbocycles. The molecule has 1 heterocycles. The summed E-state index contributed by atoms with van der Waals surface area (Å²) in [6.45, 7) is 3.83. The van der Waals surface area contributed by atoms with Crippen molar-refractivity contribution in [3.8, 4) is 16.9 Å². The van der Waals surface area contributed by atoms with E-state index in [0.717, 1.165) is 53.0 Å². The number of ether oxygens (including phenoxy) is 2. The van der Waals surface area contributed by atoms with Crippen molar-refractivity contribution in [3.05, 3.63) is 54.2 Å². The van der Waals surface area contributed by atoms with Crippen LogP contribution in [-0.4, -0.2) is 56.8 Å². The molecule has 0 saturated heterocycles. The Morgan fingerprint density at radius 3 is 2.50 bits per heavy atom. The lowest BCUT2D eigenvalue weighted by Gasteiger charge is -2.16. The monoisotopic (exact) mass is 407 g/mol. The fourth-order valence-corrected chi connectivity index (χ4v) is 3.32. The summed E-state index contributed by atoms with van der Waals surface area (Å²) in [6.07, 6.45) is 2.55. The third-order valence-corrected chi connectivity index (χ3v) is 4.87. The van der Waals surface area contributed by atoms with Gasteiger partial charge in [-0.3, -0.25) is 4.98 Å². The number of carbonyl (C=O) groups is 1. The van der Waals surface area contributed by atoms with Gasteiger partial charge in [0.05, 0.1) is 24.9 Å². The molecule has 0 fully saturated rings. The predicted molar refractivity (Wildman–Crippen MR) is 121 cm³/mol. The third-order valence-electron chi connectivity index (χ3n) is 4.87. The number of nitrogens with zero attached hydrogens (tertiary/aromatic N) is 2. The minimum absolute atomic E-state index is 0.322. The Labute approximate surface area is 177 Å². The van der Waals surface area contributed by atoms with Crippen molar-refractivity contribution in [1.29, 1.82) is 0 Å². The molecule has 1 aromatic heterocycles. The van der Waals surface area contributed by atoms with Gasteiger partial charge in [0.2, 0.25) is 0 Å². The largest absolute Gasteiger partial charge is 0.497 e. The van der Waals surface area contributed by atoms with E-state index < -0.39 is 0 Å². The Morgan fingerprint density at radius 2 is 1.83 bits per heavy atom. The number of pyridine rings is 1. The highest BCUT2D eigenvalue weighted by atomic mass is 16.5. The van der Waals surface area contributed by atoms with Crippen LogP contribution in [0, 0.1) is 0 Å². The van der Waals surface area contributed by atoms with E-state index >= 15 is 0 Å². The quantitative estimate of drug-likeness (QED) is 0.418. The summed E-state index contributed by atoms with van der Waals surface area (Å²) in [7, 11) is 5.75. The number of benzene rings is 2. The molecule has 158 valence electrons. The van der Waals surface area contributed by atoms with Gasteiger partial charge >= 0.3 is 5.97 Å². The second kappa shape index (κ2) is 10.1. The maximum absolute atomic E-state index is 12.6. The van der Waals surface area contributed by atoms with E-state index in [-0.39, 0.29) is 5.97 Å². The highest BCUT2D eigenvalue weighted by molar-refractivity contribution is 6.05. The molecule has 0 radical (unpaired) electrons. The molecule has 6 heteroatoms. The molecule has 1 N–H and O–H groups in total. The molecule has 0 spiro atoms. The number of aromatic nitrogens is 1. The van der Waals surface area contributed by atoms with Gasteiger partial charge in [-0.25, -0.2) is 4.79 Å². The molecule has 30 heavy (non-hydrogen) atoms. The Morgan fingerprint density at radius 1 is 1.10 bits per heavy atom. The maximum atomic E-state index is 12.6. The fourth-order valence-electron chi connectivity index (χ4n) is 3.32. The predicted octanol–water partition coefficient (Wildman–Crippen LogP) is 4.45. The zero-order valence-corrected chi connectivity index (χ0v) is 18.1. The van der Waals surface area contributed by atoms with Crippen LogP contribution in [0.4, 0.5) is 5.69 Å². The minimum Gasteiger partial charge on any atom is -0.497 e. The fraction of sp³-hybridized carbons (Fsp3) is 0.333. The van der Waals surface area contributed by atoms with Crippen molar-refractivity contribution in [1.82, 2.24) is 9.88 Å². The van der Waals surface area contributed by atoms with Crippen molar-refractivity contribution < 1.29 is 14.3 Å². The first kappa shape index (κ1) is 21.6. The van der Waals surface area contributed by atoms with Gasteiger partial charge < -0.3 is 19.7 Å². The van der Waals surface area contributed by atoms with Gasteiger partial charge in [-0.05, 0) is 69.4 Å². The summed E-state index contributed by atoms with van der Waals surface area (Å²) in [5.74, 6) is 0.450. The summed E-state index contributed by atoms with van der Waals surface area (Å²) in [5, 5.41) is 4.36. The van der Waals surface area contributed by atoms with Crippen molar-refractivity contribution in [2.24, 2.45) is 0 Å². The van der Waals surface area contributed by atoms with Crippen LogP contribution in [0.3, 0.4) is 0 Å². The van der Waals surface area contributed by atoms with Crippen molar-refractivity contribution in [2.75, 3.05) is 46.2 Å². The van der Waals surface area contributed by atoms with Crippen LogP contribution in [0.5, 0.6) is 5.75 Å². The number of rotatable bonds is 9. The molecule has 3 aromatic rings. The number of fused-ring (bicyclic) bond motifs is 1. The van der Waals surface area contributed by atoms with E-state index in [1.165, 1.54) is 0 Å². The van der Waals surface area contributed by atoms with Gasteiger partial charge in [0.15, 0.2) is 0 Å². The van der Waals surface area contributed by atoms with Gasteiger partial charge in [-0.15, -0.1) is 0 Å². The van der Waals surface area contributed by atoms with Crippen molar-refractivity contribution in [2.45, 2.75) is 13.3 Å². The number of anilines is 1. The summed E-state index contributed by atoms with van der Waals surface area (Å²) in [5.41, 5.74) is 4.17. The topological polar surface area (TPSA) is 63.7 Å². The first-order valence-corrected chi connectivity index (χ1v) is 10.2. The number of hydrogen-bond acceptors (Lipinski definition) is 6. The summed E-state index contributed by atoms with van der Waals surface area (Å²) >= 11 is 0. The molecule has 0 aliphatic heterocycles. The summed E-state index contributed by atoms with van der Waals surface area (Å²) < 4.78 is 10.5. The highest BCUT2D eigenvalue weighted by Gasteiger charge is 2.17. The van der Waals surface area contributed by atoms with Crippen LogP contribution in [0.2, 0.25) is 0 Å². The average molecular weight is 408 g/mol. The molecular formula is C24H29N3O3. The Bertz CT molecular complexity index is 1000. The third kappa shape index (κ3) is 5.07. The van der Waals surface area contributed by atoms with Gasteiger partial charge in [0, 0.05) is 18.1 Å². The standard InChI is InChI=1S/C24H29N3O3/c1-5-30-24(28)21-16-26-22-12-9-18(17-7-10-19(29-4)11-8-17)15-20(22)23(21)25-13-6-14-27(2)3/h7-12,15-16H,5-6,13-14H2,1-4H3,(H,25,26). The van der Waals surface area contributed by atoms with Crippen LogP contribution in [0.1, 0.15) is 23.7 Å². The zero-order valence-electron chi connectivity index (χ0n) is 18.1. The number of carbonyl (C=O) groups excluding carboxylic acids is 1. The van der Waals surface area contributed by atoms with Crippen molar-refractivity contribution >= 4 is 22.6 Å². The molecule has 6 nitrogen and oxygen atoms in total. The molecule has 0 aliphatic rings. The van der Waals surface area contributed by atoms with Crippen LogP contribution >= 0.6 is 0 Å². The molecule has 0 aliphatic carbocycles. The SMILES string of the molecule is CCOC(=O)c1cnc2ccc(-c3ccc(OC)cc3)cc2c1NCCCN(C)C. The van der Waals surface area contributed by atoms with Crippen LogP contribution in [0.15, 0.2) is 48.7 Å². The minimum atomic E-state index is -0.364. The lowest BCUT2D eigenvalue weighted by atomic mass is 10.0.